The van der Waals surface area contributed by atoms with E-state index in [0.717, 1.165) is 29.2 Å². The van der Waals surface area contributed by atoms with Crippen molar-refractivity contribution < 1.29 is 8.83 Å². The van der Waals surface area contributed by atoms with Crippen molar-refractivity contribution in [3.63, 3.8) is 0 Å². The van der Waals surface area contributed by atoms with Crippen molar-refractivity contribution in [1.29, 1.82) is 0 Å². The first kappa shape index (κ1) is 18.6. The van der Waals surface area contributed by atoms with Gasteiger partial charge in [-0.05, 0) is 55.9 Å². The summed E-state index contributed by atoms with van der Waals surface area (Å²) in [5, 5.41) is 17.2. The molecule has 0 spiro atoms. The Labute approximate surface area is 176 Å². The number of fused-ring (bicyclic) bond motifs is 1. The molecule has 0 radical (unpaired) electrons. The molecule has 29 heavy (non-hydrogen) atoms. The molecule has 0 saturated heterocycles. The van der Waals surface area contributed by atoms with E-state index >= 15 is 0 Å². The van der Waals surface area contributed by atoms with Gasteiger partial charge in [-0.2, -0.15) is 0 Å². The van der Waals surface area contributed by atoms with Crippen LogP contribution in [0.15, 0.2) is 50.5 Å². The number of hydrogen-bond donors (Lipinski definition) is 0. The van der Waals surface area contributed by atoms with Gasteiger partial charge in [-0.15, -0.1) is 31.7 Å². The first-order valence-electron chi connectivity index (χ1n) is 9.66. The Kier molecular flexibility index (Phi) is 4.97. The minimum Gasteiger partial charge on any atom is -0.419 e. The summed E-state index contributed by atoms with van der Waals surface area (Å²) in [7, 11) is 0. The molecule has 1 aliphatic carbocycles. The van der Waals surface area contributed by atoms with Crippen LogP contribution in [-0.4, -0.2) is 20.4 Å². The van der Waals surface area contributed by atoms with E-state index in [0.29, 0.717) is 22.9 Å². The predicted molar refractivity (Wildman–Crippen MR) is 113 cm³/mol. The number of aromatic nitrogens is 4. The average molecular weight is 425 g/mol. The Morgan fingerprint density at radius 2 is 1.90 bits per heavy atom. The van der Waals surface area contributed by atoms with Crippen LogP contribution in [0.2, 0.25) is 0 Å². The highest BCUT2D eigenvalue weighted by atomic mass is 32.2. The van der Waals surface area contributed by atoms with Gasteiger partial charge >= 0.3 is 0 Å². The largest absolute Gasteiger partial charge is 0.419 e. The molecule has 0 N–H and O–H groups in total. The molecule has 3 heterocycles. The van der Waals surface area contributed by atoms with Gasteiger partial charge in [0.2, 0.25) is 11.8 Å². The van der Waals surface area contributed by atoms with Crippen LogP contribution < -0.4 is 0 Å². The number of thiophene rings is 1. The Morgan fingerprint density at radius 1 is 1.07 bits per heavy atom. The Hall–Kier alpha value is -2.45. The van der Waals surface area contributed by atoms with Crippen LogP contribution in [-0.2, 0) is 12.8 Å². The van der Waals surface area contributed by atoms with E-state index in [-0.39, 0.29) is 5.25 Å². The zero-order chi connectivity index (χ0) is 19.8. The van der Waals surface area contributed by atoms with Gasteiger partial charge in [-0.1, -0.05) is 36.9 Å². The molecule has 2 atom stereocenters. The SMILES string of the molecule is C[C@@H]1CCc2sc(-c3nnc(S[C@@H](C)c4nnc(-c5ccccc5)o4)o3)cc2C1. The summed E-state index contributed by atoms with van der Waals surface area (Å²) in [5.74, 6) is 2.38. The summed E-state index contributed by atoms with van der Waals surface area (Å²) in [6.45, 7) is 4.30. The van der Waals surface area contributed by atoms with Crippen LogP contribution >= 0.6 is 23.1 Å². The first-order chi connectivity index (χ1) is 14.2. The molecule has 148 valence electrons. The van der Waals surface area contributed by atoms with E-state index in [4.69, 9.17) is 8.83 Å². The number of benzene rings is 1. The van der Waals surface area contributed by atoms with E-state index < -0.39 is 0 Å². The number of thioether (sulfide) groups is 1. The second-order valence-corrected chi connectivity index (χ2v) is 9.78. The van der Waals surface area contributed by atoms with Crippen molar-refractivity contribution in [2.75, 3.05) is 0 Å². The molecule has 0 fully saturated rings. The molecule has 0 aliphatic heterocycles. The minimum atomic E-state index is -0.0920. The van der Waals surface area contributed by atoms with Gasteiger partial charge in [0.25, 0.3) is 11.1 Å². The molecule has 5 rings (SSSR count). The van der Waals surface area contributed by atoms with Crippen LogP contribution in [0.5, 0.6) is 0 Å². The van der Waals surface area contributed by atoms with Crippen LogP contribution in [0, 0.1) is 5.92 Å². The monoisotopic (exact) mass is 424 g/mol. The summed E-state index contributed by atoms with van der Waals surface area (Å²) >= 11 is 3.20. The third-order valence-corrected chi connectivity index (χ3v) is 7.18. The third kappa shape index (κ3) is 3.86. The highest BCUT2D eigenvalue weighted by Crippen LogP contribution is 2.39. The summed E-state index contributed by atoms with van der Waals surface area (Å²) in [6, 6.07) is 11.9. The lowest BCUT2D eigenvalue weighted by molar-refractivity contribution is 0.462. The quantitative estimate of drug-likeness (QED) is 0.373. The van der Waals surface area contributed by atoms with Gasteiger partial charge in [-0.3, -0.25) is 0 Å². The molecule has 8 heteroatoms. The van der Waals surface area contributed by atoms with Gasteiger partial charge in [0.05, 0.1) is 10.1 Å². The fraction of sp³-hybridized carbons (Fsp3) is 0.333. The molecular weight excluding hydrogens is 404 g/mol. The van der Waals surface area contributed by atoms with Gasteiger partial charge in [-0.25, -0.2) is 0 Å². The zero-order valence-corrected chi connectivity index (χ0v) is 17.8. The maximum absolute atomic E-state index is 5.92. The van der Waals surface area contributed by atoms with Gasteiger partial charge < -0.3 is 8.83 Å². The highest BCUT2D eigenvalue weighted by Gasteiger charge is 2.23. The van der Waals surface area contributed by atoms with Crippen molar-refractivity contribution in [2.24, 2.45) is 5.92 Å². The molecule has 6 nitrogen and oxygen atoms in total. The van der Waals surface area contributed by atoms with Gasteiger partial charge in [0.1, 0.15) is 0 Å². The van der Waals surface area contributed by atoms with Crippen LogP contribution in [0.3, 0.4) is 0 Å². The summed E-state index contributed by atoms with van der Waals surface area (Å²) in [4.78, 5) is 2.51. The highest BCUT2D eigenvalue weighted by molar-refractivity contribution is 7.99. The lowest BCUT2D eigenvalue weighted by atomic mass is 9.90. The van der Waals surface area contributed by atoms with Crippen LogP contribution in [0.1, 0.15) is 41.8 Å². The van der Waals surface area contributed by atoms with Crippen LogP contribution in [0.25, 0.3) is 22.2 Å². The van der Waals surface area contributed by atoms with Gasteiger partial charge in [0, 0.05) is 10.4 Å². The first-order valence-corrected chi connectivity index (χ1v) is 11.4. The molecular formula is C21H20N4O2S2. The van der Waals surface area contributed by atoms with Crippen molar-refractivity contribution in [3.05, 3.63) is 52.7 Å². The van der Waals surface area contributed by atoms with Crippen molar-refractivity contribution >= 4 is 23.1 Å². The zero-order valence-electron chi connectivity index (χ0n) is 16.2. The Morgan fingerprint density at radius 3 is 2.76 bits per heavy atom. The lowest BCUT2D eigenvalue weighted by Crippen LogP contribution is -2.07. The lowest BCUT2D eigenvalue weighted by Gasteiger charge is -2.16. The summed E-state index contributed by atoms with van der Waals surface area (Å²) in [6.07, 6.45) is 3.54. The molecule has 0 saturated carbocycles. The van der Waals surface area contributed by atoms with Crippen molar-refractivity contribution in [2.45, 2.75) is 43.6 Å². The molecule has 1 aliphatic rings. The maximum atomic E-state index is 5.92. The van der Waals surface area contributed by atoms with Crippen molar-refractivity contribution in [3.8, 4) is 22.2 Å². The van der Waals surface area contributed by atoms with E-state index in [2.05, 4.69) is 33.4 Å². The molecule has 3 aromatic heterocycles. The average Bonchev–Trinajstić information content (AvgIpc) is 3.47. The smallest absolute Gasteiger partial charge is 0.277 e. The maximum Gasteiger partial charge on any atom is 0.277 e. The van der Waals surface area contributed by atoms with Gasteiger partial charge in [0.15, 0.2) is 0 Å². The predicted octanol–water partition coefficient (Wildman–Crippen LogP) is 5.83. The third-order valence-electron chi connectivity index (χ3n) is 5.03. The standard InChI is InChI=1S/C21H20N4O2S2/c1-12-8-9-16-15(10-12)11-17(29-16)20-24-25-21(27-20)28-13(2)18-22-23-19(26-18)14-6-4-3-5-7-14/h3-7,11-13H,8-10H2,1-2H3/t12-,13+/m1/s1. The molecule has 0 bridgehead atoms. The number of nitrogens with zero attached hydrogens (tertiary/aromatic N) is 4. The summed E-state index contributed by atoms with van der Waals surface area (Å²) < 4.78 is 11.7. The number of aryl methyl sites for hydroxylation is 1. The Bertz CT molecular complexity index is 1120. The van der Waals surface area contributed by atoms with E-state index in [9.17, 15) is 0 Å². The van der Waals surface area contributed by atoms with E-state index in [1.165, 1.54) is 28.6 Å². The number of hydrogen-bond acceptors (Lipinski definition) is 8. The number of rotatable bonds is 5. The van der Waals surface area contributed by atoms with Crippen molar-refractivity contribution in [1.82, 2.24) is 20.4 Å². The second-order valence-electron chi connectivity index (χ2n) is 7.35. The second kappa shape index (κ2) is 7.76. The molecule has 0 amide bonds. The van der Waals surface area contributed by atoms with Crippen LogP contribution in [0.4, 0.5) is 0 Å². The normalized spacial score (nSPS) is 17.2. The molecule has 0 unspecified atom stereocenters. The summed E-state index contributed by atoms with van der Waals surface area (Å²) in [5.41, 5.74) is 2.34. The molecule has 1 aromatic carbocycles. The fourth-order valence-corrected chi connectivity index (χ4v) is 5.31. The topological polar surface area (TPSA) is 77.8 Å². The minimum absolute atomic E-state index is 0.0920. The molecule has 4 aromatic rings. The van der Waals surface area contributed by atoms with E-state index in [1.807, 2.05) is 37.3 Å². The Balaban J connectivity index is 1.30. The van der Waals surface area contributed by atoms with E-state index in [1.54, 1.807) is 11.3 Å². The fourth-order valence-electron chi connectivity index (χ4n) is 3.47.